The van der Waals surface area contributed by atoms with Crippen molar-refractivity contribution in [3.63, 3.8) is 0 Å². The van der Waals surface area contributed by atoms with Crippen LogP contribution in [0.2, 0.25) is 0 Å². The maximum atomic E-state index is 14.3. The van der Waals surface area contributed by atoms with Gasteiger partial charge in [-0.3, -0.25) is 19.4 Å². The molecule has 3 aliphatic rings. The van der Waals surface area contributed by atoms with Gasteiger partial charge in [0.2, 0.25) is 0 Å². The fourth-order valence-electron chi connectivity index (χ4n) is 6.39. The van der Waals surface area contributed by atoms with Gasteiger partial charge in [-0.05, 0) is 54.9 Å². The summed E-state index contributed by atoms with van der Waals surface area (Å²) in [6.07, 6.45) is 0. The van der Waals surface area contributed by atoms with Gasteiger partial charge in [0.1, 0.15) is 5.82 Å². The number of anilines is 1. The molecule has 2 fully saturated rings. The summed E-state index contributed by atoms with van der Waals surface area (Å²) >= 11 is 0. The van der Waals surface area contributed by atoms with Crippen molar-refractivity contribution in [2.75, 3.05) is 64.3 Å². The Labute approximate surface area is 229 Å². The van der Waals surface area contributed by atoms with Crippen LogP contribution in [0.4, 0.5) is 10.1 Å². The number of nitrogens with zero attached hydrogens (tertiary/aromatic N) is 4. The van der Waals surface area contributed by atoms with Gasteiger partial charge in [0.25, 0.3) is 0 Å². The summed E-state index contributed by atoms with van der Waals surface area (Å²) < 4.78 is 13.9. The first-order chi connectivity index (χ1) is 18.9. The van der Waals surface area contributed by atoms with E-state index in [1.807, 2.05) is 37.3 Å². The second-order valence-electron chi connectivity index (χ2n) is 11.1. The van der Waals surface area contributed by atoms with Gasteiger partial charge in [-0.15, -0.1) is 0 Å². The number of Topliss-reactive ketones (excluding diaryl/α,β-unsaturated/α-hetero) is 2. The van der Waals surface area contributed by atoms with Crippen LogP contribution in [0.5, 0.6) is 0 Å². The van der Waals surface area contributed by atoms with Gasteiger partial charge in [-0.1, -0.05) is 42.5 Å². The number of hydrogen-bond acceptors (Lipinski definition) is 6. The van der Waals surface area contributed by atoms with Crippen molar-refractivity contribution >= 4 is 17.3 Å². The third-order valence-corrected chi connectivity index (χ3v) is 8.76. The number of aryl methyl sites for hydroxylation is 1. The van der Waals surface area contributed by atoms with E-state index in [0.717, 1.165) is 48.6 Å². The smallest absolute Gasteiger partial charge is 0.196 e. The van der Waals surface area contributed by atoms with Gasteiger partial charge in [-0.2, -0.15) is 0 Å². The van der Waals surface area contributed by atoms with Crippen LogP contribution in [0, 0.1) is 12.7 Å². The van der Waals surface area contributed by atoms with Gasteiger partial charge in [0.15, 0.2) is 17.1 Å². The number of fused-ring (bicyclic) bond motifs is 1. The van der Waals surface area contributed by atoms with E-state index in [-0.39, 0.29) is 17.4 Å². The quantitative estimate of drug-likeness (QED) is 0.469. The molecule has 7 heteroatoms. The molecule has 1 aliphatic carbocycles. The van der Waals surface area contributed by atoms with Crippen LogP contribution >= 0.6 is 0 Å². The van der Waals surface area contributed by atoms with Crippen LogP contribution in [0.15, 0.2) is 66.7 Å². The van der Waals surface area contributed by atoms with Crippen LogP contribution in [0.1, 0.15) is 37.4 Å². The molecular formula is C32H35FN4O2. The highest BCUT2D eigenvalue weighted by atomic mass is 19.1. The number of carbonyl (C=O) groups is 2. The van der Waals surface area contributed by atoms with Crippen molar-refractivity contribution in [3.05, 3.63) is 100 Å². The van der Waals surface area contributed by atoms with E-state index in [1.165, 1.54) is 6.07 Å². The number of hydrogen-bond donors (Lipinski definition) is 0. The molecular weight excluding hydrogens is 491 g/mol. The van der Waals surface area contributed by atoms with Gasteiger partial charge < -0.3 is 9.80 Å². The van der Waals surface area contributed by atoms with Gasteiger partial charge >= 0.3 is 0 Å². The Balaban J connectivity index is 1.33. The Morgan fingerprint density at radius 3 is 2.10 bits per heavy atom. The predicted octanol–water partition coefficient (Wildman–Crippen LogP) is 3.98. The number of rotatable bonds is 5. The second kappa shape index (κ2) is 10.3. The normalized spacial score (nSPS) is 20.4. The molecule has 6 rings (SSSR count). The number of carbonyl (C=O) groups excluding carboxylic acids is 2. The molecule has 0 aromatic heterocycles. The van der Waals surface area contributed by atoms with E-state index in [0.29, 0.717) is 43.9 Å². The molecule has 6 nitrogen and oxygen atoms in total. The highest BCUT2D eigenvalue weighted by molar-refractivity contribution is 6.32. The highest BCUT2D eigenvalue weighted by Crippen LogP contribution is 2.44. The first-order valence-corrected chi connectivity index (χ1v) is 13.8. The third kappa shape index (κ3) is 4.48. The molecule has 2 aliphatic heterocycles. The predicted molar refractivity (Wildman–Crippen MR) is 151 cm³/mol. The molecule has 0 N–H and O–H groups in total. The van der Waals surface area contributed by atoms with E-state index < -0.39 is 5.54 Å². The standard InChI is InChI=1S/C32H35FN4O2/c1-23-10-11-26(33)20-24(23)22-35-14-18-37(19-15-35)32(30(38)28-8-3-4-9-29(28)31(32)39)25-6-5-7-27(21-25)36-16-12-34(2)13-17-36/h3-11,20-21H,12-19,22H2,1-2H3. The average Bonchev–Trinajstić information content (AvgIpc) is 3.19. The average molecular weight is 527 g/mol. The van der Waals surface area contributed by atoms with E-state index in [9.17, 15) is 14.0 Å². The van der Waals surface area contributed by atoms with Crippen molar-refractivity contribution in [1.29, 1.82) is 0 Å². The SMILES string of the molecule is Cc1ccc(F)cc1CN1CCN(C2(c3cccc(N4CCN(C)CC4)c3)C(=O)c3ccccc3C2=O)CC1. The first-order valence-electron chi connectivity index (χ1n) is 13.8. The van der Waals surface area contributed by atoms with E-state index in [2.05, 4.69) is 38.8 Å². The topological polar surface area (TPSA) is 47.1 Å². The van der Waals surface area contributed by atoms with Crippen molar-refractivity contribution in [1.82, 2.24) is 14.7 Å². The largest absolute Gasteiger partial charge is 0.369 e. The number of halogens is 1. The Morgan fingerprint density at radius 2 is 1.44 bits per heavy atom. The molecule has 0 bridgehead atoms. The summed E-state index contributed by atoms with van der Waals surface area (Å²) in [5.74, 6) is -0.491. The maximum Gasteiger partial charge on any atom is 0.196 e. The zero-order valence-electron chi connectivity index (χ0n) is 22.7. The Kier molecular flexibility index (Phi) is 6.83. The van der Waals surface area contributed by atoms with Crippen LogP contribution in [-0.2, 0) is 12.1 Å². The molecule has 0 radical (unpaired) electrons. The summed E-state index contributed by atoms with van der Waals surface area (Å²) in [5.41, 5.74) is 3.48. The Bertz CT molecular complexity index is 1370. The molecule has 2 heterocycles. The summed E-state index contributed by atoms with van der Waals surface area (Å²) in [7, 11) is 2.13. The van der Waals surface area contributed by atoms with Crippen LogP contribution in [-0.4, -0.2) is 85.7 Å². The van der Waals surface area contributed by atoms with Gasteiger partial charge in [0, 0.05) is 75.7 Å². The molecule has 3 aromatic carbocycles. The van der Waals surface area contributed by atoms with Crippen molar-refractivity contribution in [3.8, 4) is 0 Å². The fraction of sp³-hybridized carbons (Fsp3) is 0.375. The van der Waals surface area contributed by atoms with E-state index in [1.54, 1.807) is 18.2 Å². The van der Waals surface area contributed by atoms with Crippen molar-refractivity contribution in [2.45, 2.75) is 19.0 Å². The monoisotopic (exact) mass is 526 g/mol. The highest BCUT2D eigenvalue weighted by Gasteiger charge is 2.58. The zero-order valence-corrected chi connectivity index (χ0v) is 22.7. The van der Waals surface area contributed by atoms with Crippen LogP contribution in [0.25, 0.3) is 0 Å². The maximum absolute atomic E-state index is 14.3. The third-order valence-electron chi connectivity index (χ3n) is 8.76. The van der Waals surface area contributed by atoms with E-state index in [4.69, 9.17) is 0 Å². The molecule has 0 unspecified atom stereocenters. The number of ketones is 2. The first kappa shape index (κ1) is 25.9. The zero-order chi connectivity index (χ0) is 27.1. The summed E-state index contributed by atoms with van der Waals surface area (Å²) in [4.78, 5) is 37.6. The lowest BCUT2D eigenvalue weighted by atomic mass is 9.82. The lowest BCUT2D eigenvalue weighted by molar-refractivity contribution is 0.0279. The molecule has 0 atom stereocenters. The van der Waals surface area contributed by atoms with Crippen LogP contribution < -0.4 is 4.90 Å². The van der Waals surface area contributed by atoms with Gasteiger partial charge in [-0.25, -0.2) is 4.39 Å². The van der Waals surface area contributed by atoms with Crippen molar-refractivity contribution < 1.29 is 14.0 Å². The molecule has 0 saturated carbocycles. The molecule has 2 saturated heterocycles. The minimum atomic E-state index is -1.37. The van der Waals surface area contributed by atoms with Crippen LogP contribution in [0.3, 0.4) is 0 Å². The number of likely N-dealkylation sites (N-methyl/N-ethyl adjacent to an activating group) is 1. The van der Waals surface area contributed by atoms with E-state index >= 15 is 0 Å². The van der Waals surface area contributed by atoms with Gasteiger partial charge in [0.05, 0.1) is 0 Å². The number of piperazine rings is 2. The Hall–Kier alpha value is -3.39. The minimum absolute atomic E-state index is 0.131. The molecule has 0 amide bonds. The second-order valence-corrected chi connectivity index (χ2v) is 11.1. The van der Waals surface area contributed by atoms with Crippen molar-refractivity contribution in [2.24, 2.45) is 0 Å². The Morgan fingerprint density at radius 1 is 0.769 bits per heavy atom. The molecule has 0 spiro atoms. The number of benzene rings is 3. The molecule has 39 heavy (non-hydrogen) atoms. The molecule has 3 aromatic rings. The summed E-state index contributed by atoms with van der Waals surface area (Å²) in [6.45, 7) is 8.93. The minimum Gasteiger partial charge on any atom is -0.369 e. The summed E-state index contributed by atoms with van der Waals surface area (Å²) in [6, 6.07) is 20.2. The lowest BCUT2D eigenvalue weighted by Crippen LogP contribution is -2.60. The lowest BCUT2D eigenvalue weighted by Gasteiger charge is -2.44. The molecule has 202 valence electrons. The fourth-order valence-corrected chi connectivity index (χ4v) is 6.39. The summed E-state index contributed by atoms with van der Waals surface area (Å²) in [5, 5.41) is 0.